The molecule has 4 rings (SSSR count). The highest BCUT2D eigenvalue weighted by Crippen LogP contribution is 2.55. The number of aromatic nitrogens is 1. The summed E-state index contributed by atoms with van der Waals surface area (Å²) < 4.78 is 6.16. The number of benzene rings is 1. The van der Waals surface area contributed by atoms with E-state index in [0.29, 0.717) is 6.61 Å². The smallest absolute Gasteiger partial charge is 0.337 e. The molecule has 0 bridgehead atoms. The van der Waals surface area contributed by atoms with Crippen molar-refractivity contribution >= 4 is 5.97 Å². The molecule has 0 radical (unpaired) electrons. The fraction of sp³-hybridized carbons (Fsp3) is 0.478. The van der Waals surface area contributed by atoms with Gasteiger partial charge in [-0.2, -0.15) is 0 Å². The van der Waals surface area contributed by atoms with Gasteiger partial charge in [-0.25, -0.2) is 4.79 Å². The molecule has 1 aromatic heterocycles. The number of carboxylic acid groups (broad SMARTS) is 1. The lowest BCUT2D eigenvalue weighted by Gasteiger charge is -2.42. The van der Waals surface area contributed by atoms with Crippen molar-refractivity contribution in [2.75, 3.05) is 6.61 Å². The third-order valence-electron chi connectivity index (χ3n) is 6.30. The molecule has 1 aromatic carbocycles. The van der Waals surface area contributed by atoms with Gasteiger partial charge in [0, 0.05) is 17.0 Å². The highest BCUT2D eigenvalue weighted by atomic mass is 16.5. The summed E-state index contributed by atoms with van der Waals surface area (Å²) in [6.07, 6.45) is 3.57. The monoisotopic (exact) mass is 365 g/mol. The van der Waals surface area contributed by atoms with E-state index in [1.165, 1.54) is 28.5 Å². The first kappa shape index (κ1) is 18.2. The summed E-state index contributed by atoms with van der Waals surface area (Å²) in [4.78, 5) is 15.7. The van der Waals surface area contributed by atoms with Gasteiger partial charge in [-0.1, -0.05) is 26.0 Å². The van der Waals surface area contributed by atoms with Gasteiger partial charge >= 0.3 is 5.97 Å². The molecule has 4 nitrogen and oxygen atoms in total. The second kappa shape index (κ2) is 5.65. The number of pyridine rings is 1. The minimum Gasteiger partial charge on any atom is -0.478 e. The molecule has 0 spiro atoms. The van der Waals surface area contributed by atoms with Crippen molar-refractivity contribution in [3.8, 4) is 0 Å². The number of rotatable bonds is 3. The van der Waals surface area contributed by atoms with Gasteiger partial charge in [0.25, 0.3) is 0 Å². The van der Waals surface area contributed by atoms with Crippen molar-refractivity contribution in [3.63, 3.8) is 0 Å². The Balaban J connectivity index is 1.84. The van der Waals surface area contributed by atoms with Gasteiger partial charge in [-0.3, -0.25) is 4.98 Å². The van der Waals surface area contributed by atoms with E-state index in [4.69, 9.17) is 9.84 Å². The standard InChI is InChI=1S/C23H27NO3/c1-14-10-18-17(21(2,3)13-27-22(18,4)5)11-16(14)23(8-9-23)19-7-6-15(12-24-19)20(25)26/h6-7,10-12H,8-9,13H2,1-5H3,(H,25,26). The third-order valence-corrected chi connectivity index (χ3v) is 6.30. The Morgan fingerprint density at radius 3 is 2.33 bits per heavy atom. The molecule has 4 heteroatoms. The van der Waals surface area contributed by atoms with E-state index < -0.39 is 5.97 Å². The van der Waals surface area contributed by atoms with Crippen LogP contribution in [0.2, 0.25) is 0 Å². The molecule has 27 heavy (non-hydrogen) atoms. The molecule has 142 valence electrons. The van der Waals surface area contributed by atoms with E-state index >= 15 is 0 Å². The molecule has 1 fully saturated rings. The predicted molar refractivity (Wildman–Crippen MR) is 104 cm³/mol. The van der Waals surface area contributed by atoms with Crippen molar-refractivity contribution < 1.29 is 14.6 Å². The highest BCUT2D eigenvalue weighted by Gasteiger charge is 2.49. The number of nitrogens with zero attached hydrogens (tertiary/aromatic N) is 1. The normalized spacial score (nSPS) is 21.4. The van der Waals surface area contributed by atoms with Crippen LogP contribution in [-0.4, -0.2) is 22.7 Å². The van der Waals surface area contributed by atoms with Crippen molar-refractivity contribution in [3.05, 3.63) is 64.0 Å². The molecule has 1 aliphatic heterocycles. The zero-order valence-electron chi connectivity index (χ0n) is 16.7. The van der Waals surface area contributed by atoms with Crippen LogP contribution in [0.15, 0.2) is 30.5 Å². The summed E-state index contributed by atoms with van der Waals surface area (Å²) in [7, 11) is 0. The minimum atomic E-state index is -0.937. The Labute approximate surface area is 160 Å². The van der Waals surface area contributed by atoms with Crippen LogP contribution in [0.4, 0.5) is 0 Å². The Kier molecular flexibility index (Phi) is 3.80. The summed E-state index contributed by atoms with van der Waals surface area (Å²) in [6, 6.07) is 8.21. The molecule has 2 aromatic rings. The average Bonchev–Trinajstić information content (AvgIpc) is 3.40. The summed E-state index contributed by atoms with van der Waals surface area (Å²) in [5.41, 5.74) is 5.99. The lowest BCUT2D eigenvalue weighted by Crippen LogP contribution is -2.40. The first-order valence-corrected chi connectivity index (χ1v) is 9.57. The van der Waals surface area contributed by atoms with E-state index in [-0.39, 0.29) is 22.0 Å². The molecule has 1 aliphatic carbocycles. The second-order valence-electron chi connectivity index (χ2n) is 9.21. The van der Waals surface area contributed by atoms with Crippen molar-refractivity contribution in [2.45, 2.75) is 63.9 Å². The Morgan fingerprint density at radius 1 is 1.07 bits per heavy atom. The zero-order chi connectivity index (χ0) is 19.6. The van der Waals surface area contributed by atoms with Crippen molar-refractivity contribution in [2.24, 2.45) is 0 Å². The molecular formula is C23H27NO3. The zero-order valence-corrected chi connectivity index (χ0v) is 16.7. The molecule has 1 N–H and O–H groups in total. The SMILES string of the molecule is Cc1cc2c(cc1C1(c3ccc(C(=O)O)cn3)CC1)C(C)(C)COC2(C)C. The van der Waals surface area contributed by atoms with Crippen LogP contribution in [0, 0.1) is 6.92 Å². The Morgan fingerprint density at radius 2 is 1.78 bits per heavy atom. The van der Waals surface area contributed by atoms with Gasteiger partial charge < -0.3 is 9.84 Å². The van der Waals surface area contributed by atoms with Gasteiger partial charge in [0.1, 0.15) is 0 Å². The van der Waals surface area contributed by atoms with Crippen LogP contribution in [0.1, 0.15) is 78.8 Å². The summed E-state index contributed by atoms with van der Waals surface area (Å²) in [6.45, 7) is 11.6. The fourth-order valence-electron chi connectivity index (χ4n) is 4.39. The molecule has 2 aliphatic rings. The predicted octanol–water partition coefficient (Wildman–Crippen LogP) is 4.71. The molecule has 0 saturated heterocycles. The fourth-order valence-corrected chi connectivity index (χ4v) is 4.39. The quantitative estimate of drug-likeness (QED) is 0.856. The van der Waals surface area contributed by atoms with Crippen LogP contribution in [0.3, 0.4) is 0 Å². The van der Waals surface area contributed by atoms with Crippen LogP contribution in [0.25, 0.3) is 0 Å². The number of hydrogen-bond donors (Lipinski definition) is 1. The number of hydrogen-bond acceptors (Lipinski definition) is 3. The van der Waals surface area contributed by atoms with Crippen LogP contribution >= 0.6 is 0 Å². The molecule has 0 atom stereocenters. The number of aryl methyl sites for hydroxylation is 1. The first-order chi connectivity index (χ1) is 12.6. The average molecular weight is 365 g/mol. The maximum Gasteiger partial charge on any atom is 0.337 e. The lowest BCUT2D eigenvalue weighted by atomic mass is 9.72. The molecule has 0 unspecified atom stereocenters. The molecule has 0 amide bonds. The van der Waals surface area contributed by atoms with Gasteiger partial charge in [0.05, 0.1) is 23.5 Å². The van der Waals surface area contributed by atoms with E-state index in [9.17, 15) is 4.79 Å². The number of carboxylic acids is 1. The highest BCUT2D eigenvalue weighted by molar-refractivity contribution is 5.87. The summed E-state index contributed by atoms with van der Waals surface area (Å²) in [5.74, 6) is -0.937. The van der Waals surface area contributed by atoms with E-state index in [1.54, 1.807) is 6.07 Å². The van der Waals surface area contributed by atoms with Crippen LogP contribution < -0.4 is 0 Å². The third kappa shape index (κ3) is 2.78. The van der Waals surface area contributed by atoms with E-state index in [0.717, 1.165) is 18.5 Å². The number of fused-ring (bicyclic) bond motifs is 1. The maximum absolute atomic E-state index is 11.1. The molecule has 2 heterocycles. The van der Waals surface area contributed by atoms with Crippen molar-refractivity contribution in [1.29, 1.82) is 0 Å². The number of aromatic carboxylic acids is 1. The summed E-state index contributed by atoms with van der Waals surface area (Å²) >= 11 is 0. The maximum atomic E-state index is 11.1. The van der Waals surface area contributed by atoms with E-state index in [2.05, 4.69) is 51.7 Å². The van der Waals surface area contributed by atoms with Crippen LogP contribution in [-0.2, 0) is 21.2 Å². The number of carbonyl (C=O) groups is 1. The number of ether oxygens (including phenoxy) is 1. The largest absolute Gasteiger partial charge is 0.478 e. The van der Waals surface area contributed by atoms with Gasteiger partial charge in [-0.05, 0) is 68.0 Å². The second-order valence-corrected chi connectivity index (χ2v) is 9.21. The minimum absolute atomic E-state index is 0.0377. The van der Waals surface area contributed by atoms with Gasteiger partial charge in [0.15, 0.2) is 0 Å². The topological polar surface area (TPSA) is 59.4 Å². The van der Waals surface area contributed by atoms with E-state index in [1.807, 2.05) is 6.07 Å². The van der Waals surface area contributed by atoms with Crippen molar-refractivity contribution in [1.82, 2.24) is 4.98 Å². The molecular weight excluding hydrogens is 338 g/mol. The van der Waals surface area contributed by atoms with Crippen LogP contribution in [0.5, 0.6) is 0 Å². The Bertz CT molecular complexity index is 921. The Hall–Kier alpha value is -2.20. The molecule has 1 saturated carbocycles. The lowest BCUT2D eigenvalue weighted by molar-refractivity contribution is -0.0588. The van der Waals surface area contributed by atoms with Gasteiger partial charge in [-0.15, -0.1) is 0 Å². The first-order valence-electron chi connectivity index (χ1n) is 9.57. The van der Waals surface area contributed by atoms with Gasteiger partial charge in [0.2, 0.25) is 0 Å². The summed E-state index contributed by atoms with van der Waals surface area (Å²) in [5, 5.41) is 9.14.